The van der Waals surface area contributed by atoms with Gasteiger partial charge in [-0.25, -0.2) is 0 Å². The molecule has 1 atom stereocenters. The molecule has 0 spiro atoms. The molecule has 0 rings (SSSR count). The Hall–Kier alpha value is 0.110. The summed E-state index contributed by atoms with van der Waals surface area (Å²) in [7, 11) is 0.418. The van der Waals surface area contributed by atoms with Crippen LogP contribution in [-0.4, -0.2) is 43.2 Å². The third kappa shape index (κ3) is 6.51. The summed E-state index contributed by atoms with van der Waals surface area (Å²) in [6.07, 6.45) is 0.202. The molecular formula is C6H16NO3P. The Morgan fingerprint density at radius 2 is 2.09 bits per heavy atom. The molecule has 0 saturated carbocycles. The highest BCUT2D eigenvalue weighted by Gasteiger charge is 2.17. The topological polar surface area (TPSA) is 49.8 Å². The zero-order valence-electron chi connectivity index (χ0n) is 7.28. The minimum Gasteiger partial charge on any atom is -0.324 e. The fraction of sp³-hybridized carbons (Fsp3) is 1.00. The molecule has 0 aliphatic carbocycles. The van der Waals surface area contributed by atoms with Crippen molar-refractivity contribution in [3.8, 4) is 0 Å². The highest BCUT2D eigenvalue weighted by atomic mass is 31.2. The summed E-state index contributed by atoms with van der Waals surface area (Å²) in [6.45, 7) is 2.58. The van der Waals surface area contributed by atoms with Gasteiger partial charge in [-0.1, -0.05) is 0 Å². The quantitative estimate of drug-likeness (QED) is 0.636. The number of rotatable bonds is 5. The number of hydrogen-bond donors (Lipinski definition) is 1. The molecule has 11 heavy (non-hydrogen) atoms. The molecule has 0 aliphatic heterocycles. The molecule has 0 aromatic rings. The van der Waals surface area contributed by atoms with Gasteiger partial charge >= 0.3 is 7.60 Å². The highest BCUT2D eigenvalue weighted by molar-refractivity contribution is 7.52. The van der Waals surface area contributed by atoms with Crippen molar-refractivity contribution in [2.75, 3.05) is 33.4 Å². The summed E-state index contributed by atoms with van der Waals surface area (Å²) in [6, 6.07) is 0. The van der Waals surface area contributed by atoms with Gasteiger partial charge < -0.3 is 14.3 Å². The third-order valence-electron chi connectivity index (χ3n) is 1.16. The summed E-state index contributed by atoms with van der Waals surface area (Å²) in [5, 5.41) is 0. The van der Waals surface area contributed by atoms with Crippen LogP contribution in [0.15, 0.2) is 0 Å². The molecule has 0 aliphatic rings. The van der Waals surface area contributed by atoms with E-state index in [9.17, 15) is 4.57 Å². The summed E-state index contributed by atoms with van der Waals surface area (Å²) < 4.78 is 15.7. The second-order valence-corrected chi connectivity index (χ2v) is 4.56. The van der Waals surface area contributed by atoms with Crippen LogP contribution in [0.3, 0.4) is 0 Å². The van der Waals surface area contributed by atoms with Crippen LogP contribution in [-0.2, 0) is 9.09 Å². The molecular weight excluding hydrogens is 165 g/mol. The standard InChI is InChI=1S/C6H16NO3P/c1-4-10-11(8,9)6-5-7(2)3/h4-6H2,1-3H3,(H,8,9). The van der Waals surface area contributed by atoms with E-state index in [-0.39, 0.29) is 6.16 Å². The SMILES string of the molecule is CCOP(=O)(O)CCN(C)C. The van der Waals surface area contributed by atoms with Gasteiger partial charge in [0.25, 0.3) is 0 Å². The van der Waals surface area contributed by atoms with Gasteiger partial charge in [0.15, 0.2) is 0 Å². The maximum Gasteiger partial charge on any atom is 0.329 e. The van der Waals surface area contributed by atoms with Gasteiger partial charge in [0.05, 0.1) is 12.8 Å². The van der Waals surface area contributed by atoms with E-state index in [2.05, 4.69) is 4.52 Å². The lowest BCUT2D eigenvalue weighted by Gasteiger charge is -2.13. The van der Waals surface area contributed by atoms with Gasteiger partial charge in [0.1, 0.15) is 0 Å². The lowest BCUT2D eigenvalue weighted by atomic mass is 10.7. The molecule has 68 valence electrons. The molecule has 0 heterocycles. The van der Waals surface area contributed by atoms with E-state index in [1.807, 2.05) is 19.0 Å². The van der Waals surface area contributed by atoms with Crippen molar-refractivity contribution < 1.29 is 14.0 Å². The second-order valence-electron chi connectivity index (χ2n) is 2.58. The van der Waals surface area contributed by atoms with E-state index in [1.165, 1.54) is 0 Å². The monoisotopic (exact) mass is 181 g/mol. The predicted octanol–water partition coefficient (Wildman–Crippen LogP) is 0.770. The Morgan fingerprint density at radius 3 is 2.45 bits per heavy atom. The first-order chi connectivity index (χ1) is 4.98. The lowest BCUT2D eigenvalue weighted by molar-refractivity contribution is 0.269. The first-order valence-corrected chi connectivity index (χ1v) is 5.35. The fourth-order valence-electron chi connectivity index (χ4n) is 0.593. The summed E-state index contributed by atoms with van der Waals surface area (Å²) in [5.41, 5.74) is 0. The van der Waals surface area contributed by atoms with Gasteiger partial charge in [-0.05, 0) is 21.0 Å². The van der Waals surface area contributed by atoms with Crippen LogP contribution in [0.2, 0.25) is 0 Å². The van der Waals surface area contributed by atoms with Crippen molar-refractivity contribution in [1.82, 2.24) is 4.90 Å². The van der Waals surface area contributed by atoms with E-state index in [1.54, 1.807) is 6.92 Å². The van der Waals surface area contributed by atoms with Crippen LogP contribution >= 0.6 is 7.60 Å². The van der Waals surface area contributed by atoms with Crippen molar-refractivity contribution in [1.29, 1.82) is 0 Å². The molecule has 0 bridgehead atoms. The van der Waals surface area contributed by atoms with Gasteiger partial charge in [-0.2, -0.15) is 0 Å². The van der Waals surface area contributed by atoms with Gasteiger partial charge in [0, 0.05) is 6.54 Å². The van der Waals surface area contributed by atoms with E-state index >= 15 is 0 Å². The first kappa shape index (κ1) is 11.1. The Balaban J connectivity index is 3.64. The largest absolute Gasteiger partial charge is 0.329 e. The number of hydrogen-bond acceptors (Lipinski definition) is 3. The van der Waals surface area contributed by atoms with Crippen LogP contribution in [0.5, 0.6) is 0 Å². The van der Waals surface area contributed by atoms with Crippen molar-refractivity contribution in [2.45, 2.75) is 6.92 Å². The maximum atomic E-state index is 11.0. The first-order valence-electron chi connectivity index (χ1n) is 3.59. The van der Waals surface area contributed by atoms with Gasteiger partial charge in [-0.15, -0.1) is 0 Å². The molecule has 1 unspecified atom stereocenters. The van der Waals surface area contributed by atoms with Crippen molar-refractivity contribution >= 4 is 7.60 Å². The molecule has 0 aromatic carbocycles. The smallest absolute Gasteiger partial charge is 0.324 e. The van der Waals surface area contributed by atoms with Gasteiger partial charge in [0.2, 0.25) is 0 Å². The molecule has 0 radical (unpaired) electrons. The summed E-state index contributed by atoms with van der Waals surface area (Å²) >= 11 is 0. The Bertz CT molecular complexity index is 149. The highest BCUT2D eigenvalue weighted by Crippen LogP contribution is 2.40. The van der Waals surface area contributed by atoms with Crippen LogP contribution in [0, 0.1) is 0 Å². The Morgan fingerprint density at radius 1 is 1.55 bits per heavy atom. The third-order valence-corrected chi connectivity index (χ3v) is 2.59. The lowest BCUT2D eigenvalue weighted by Crippen LogP contribution is -2.17. The van der Waals surface area contributed by atoms with Crippen LogP contribution in [0.25, 0.3) is 0 Å². The van der Waals surface area contributed by atoms with E-state index in [0.717, 1.165) is 0 Å². The Labute approximate surface area is 67.7 Å². The minimum absolute atomic E-state index is 0.202. The molecule has 0 amide bonds. The Kier molecular flexibility index (Phi) is 4.93. The molecule has 1 N–H and O–H groups in total. The van der Waals surface area contributed by atoms with Crippen LogP contribution < -0.4 is 0 Å². The minimum atomic E-state index is -3.29. The molecule has 0 aromatic heterocycles. The van der Waals surface area contributed by atoms with Gasteiger partial charge in [-0.3, -0.25) is 4.57 Å². The van der Waals surface area contributed by atoms with Crippen molar-refractivity contribution in [3.05, 3.63) is 0 Å². The maximum absolute atomic E-state index is 11.0. The summed E-state index contributed by atoms with van der Waals surface area (Å²) in [4.78, 5) is 10.9. The average molecular weight is 181 g/mol. The average Bonchev–Trinajstić information content (AvgIpc) is 1.84. The molecule has 4 nitrogen and oxygen atoms in total. The zero-order chi connectivity index (χ0) is 8.91. The van der Waals surface area contributed by atoms with Crippen LogP contribution in [0.1, 0.15) is 6.92 Å². The van der Waals surface area contributed by atoms with E-state index in [4.69, 9.17) is 4.89 Å². The van der Waals surface area contributed by atoms with Crippen molar-refractivity contribution in [2.24, 2.45) is 0 Å². The summed E-state index contributed by atoms with van der Waals surface area (Å²) in [5.74, 6) is 0. The molecule has 0 fully saturated rings. The van der Waals surface area contributed by atoms with E-state index < -0.39 is 7.60 Å². The predicted molar refractivity (Wildman–Crippen MR) is 44.9 cm³/mol. The number of nitrogens with zero attached hydrogens (tertiary/aromatic N) is 1. The second kappa shape index (κ2) is 4.88. The van der Waals surface area contributed by atoms with E-state index in [0.29, 0.717) is 13.2 Å². The fourth-order valence-corrected chi connectivity index (χ4v) is 1.78. The van der Waals surface area contributed by atoms with Crippen LogP contribution in [0.4, 0.5) is 0 Å². The molecule has 5 heteroatoms. The zero-order valence-corrected chi connectivity index (χ0v) is 8.17. The van der Waals surface area contributed by atoms with Crippen molar-refractivity contribution in [3.63, 3.8) is 0 Å². The normalized spacial score (nSPS) is 16.8. The molecule has 0 saturated heterocycles.